The van der Waals surface area contributed by atoms with Crippen LogP contribution in [0.3, 0.4) is 0 Å². The molecule has 32 heavy (non-hydrogen) atoms. The lowest BCUT2D eigenvalue weighted by Gasteiger charge is -2.31. The molecule has 1 saturated carbocycles. The summed E-state index contributed by atoms with van der Waals surface area (Å²) >= 11 is 13.8. The molecule has 1 N–H and O–H groups in total. The van der Waals surface area contributed by atoms with E-state index in [2.05, 4.69) is 5.32 Å². The quantitative estimate of drug-likeness (QED) is 0.460. The van der Waals surface area contributed by atoms with Crippen molar-refractivity contribution in [2.24, 2.45) is 0 Å². The van der Waals surface area contributed by atoms with Gasteiger partial charge in [-0.1, -0.05) is 78.9 Å². The molecular weight excluding hydrogens is 463 g/mol. The number of thioether (sulfide) groups is 1. The molecule has 1 aliphatic carbocycles. The second-order valence-corrected chi connectivity index (χ2v) is 10.1. The van der Waals surface area contributed by atoms with Gasteiger partial charge in [0.1, 0.15) is 6.04 Å². The maximum absolute atomic E-state index is 13.2. The van der Waals surface area contributed by atoms with Crippen molar-refractivity contribution < 1.29 is 9.59 Å². The minimum atomic E-state index is -0.573. The molecular formula is C25H30Cl2N2O2S. The summed E-state index contributed by atoms with van der Waals surface area (Å²) in [5.41, 5.74) is 2.02. The highest BCUT2D eigenvalue weighted by Crippen LogP contribution is 2.24. The standard InChI is InChI=1S/C25H30Cl2N2O2S/c1-18(25(31)28-21-10-6-3-7-11-21)29(15-20-12-13-22(26)23(27)14-20)24(30)17-32-16-19-8-4-2-5-9-19/h2,4-5,8-9,12-14,18,21H,3,6-7,10-11,15-17H2,1H3,(H,28,31)/t18-/m1/s1. The first-order chi connectivity index (χ1) is 15.4. The molecule has 2 aromatic rings. The number of carbonyl (C=O) groups excluding carboxylic acids is 2. The fraction of sp³-hybridized carbons (Fsp3) is 0.440. The zero-order valence-corrected chi connectivity index (χ0v) is 20.7. The largest absolute Gasteiger partial charge is 0.352 e. The molecule has 0 aromatic heterocycles. The normalized spacial score (nSPS) is 15.2. The third-order valence-corrected chi connectivity index (χ3v) is 7.52. The Bertz CT molecular complexity index is 904. The van der Waals surface area contributed by atoms with E-state index < -0.39 is 6.04 Å². The Morgan fingerprint density at radius 2 is 1.75 bits per heavy atom. The zero-order valence-electron chi connectivity index (χ0n) is 18.4. The highest BCUT2D eigenvalue weighted by atomic mass is 35.5. The molecule has 7 heteroatoms. The molecule has 0 spiro atoms. The molecule has 2 amide bonds. The van der Waals surface area contributed by atoms with Crippen molar-refractivity contribution in [3.8, 4) is 0 Å². The van der Waals surface area contributed by atoms with Gasteiger partial charge in [0.25, 0.3) is 0 Å². The first kappa shape index (κ1) is 24.9. The number of nitrogens with zero attached hydrogens (tertiary/aromatic N) is 1. The minimum Gasteiger partial charge on any atom is -0.352 e. The molecule has 0 radical (unpaired) electrons. The maximum Gasteiger partial charge on any atom is 0.242 e. The van der Waals surface area contributed by atoms with Gasteiger partial charge < -0.3 is 10.2 Å². The van der Waals surface area contributed by atoms with Crippen LogP contribution >= 0.6 is 35.0 Å². The van der Waals surface area contributed by atoms with Crippen LogP contribution < -0.4 is 5.32 Å². The van der Waals surface area contributed by atoms with Crippen molar-refractivity contribution in [2.45, 2.75) is 63.4 Å². The van der Waals surface area contributed by atoms with Crippen molar-refractivity contribution in [1.29, 1.82) is 0 Å². The molecule has 3 rings (SSSR count). The van der Waals surface area contributed by atoms with Gasteiger partial charge in [0, 0.05) is 18.3 Å². The van der Waals surface area contributed by atoms with Gasteiger partial charge in [-0.15, -0.1) is 11.8 Å². The second-order valence-electron chi connectivity index (χ2n) is 8.27. The van der Waals surface area contributed by atoms with Crippen LogP contribution in [0.5, 0.6) is 0 Å². The highest BCUT2D eigenvalue weighted by molar-refractivity contribution is 7.99. The minimum absolute atomic E-state index is 0.0664. The van der Waals surface area contributed by atoms with Crippen molar-refractivity contribution >= 4 is 46.8 Å². The number of rotatable bonds is 9. The van der Waals surface area contributed by atoms with E-state index in [1.165, 1.54) is 12.0 Å². The Labute approximate surface area is 205 Å². The molecule has 0 heterocycles. The van der Waals surface area contributed by atoms with E-state index in [9.17, 15) is 9.59 Å². The second kappa shape index (κ2) is 12.5. The predicted octanol–water partition coefficient (Wildman–Crippen LogP) is 6.09. The monoisotopic (exact) mass is 492 g/mol. The lowest BCUT2D eigenvalue weighted by molar-refractivity contribution is -0.139. The number of halogens is 2. The molecule has 2 aromatic carbocycles. The molecule has 172 valence electrons. The Kier molecular flexibility index (Phi) is 9.76. The Hall–Kier alpha value is -1.69. The van der Waals surface area contributed by atoms with Crippen LogP contribution in [0.1, 0.15) is 50.2 Å². The molecule has 0 unspecified atom stereocenters. The summed E-state index contributed by atoms with van der Waals surface area (Å²) in [4.78, 5) is 27.8. The van der Waals surface area contributed by atoms with Gasteiger partial charge in [0.15, 0.2) is 0 Å². The van der Waals surface area contributed by atoms with Gasteiger partial charge in [-0.05, 0) is 43.0 Å². The van der Waals surface area contributed by atoms with Gasteiger partial charge in [-0.2, -0.15) is 0 Å². The van der Waals surface area contributed by atoms with Crippen LogP contribution in [0.4, 0.5) is 0 Å². The molecule has 0 saturated heterocycles. The third-order valence-electron chi connectivity index (χ3n) is 5.79. The predicted molar refractivity (Wildman–Crippen MR) is 134 cm³/mol. The fourth-order valence-electron chi connectivity index (χ4n) is 3.90. The third kappa shape index (κ3) is 7.43. The van der Waals surface area contributed by atoms with Gasteiger partial charge >= 0.3 is 0 Å². The Balaban J connectivity index is 1.67. The summed E-state index contributed by atoms with van der Waals surface area (Å²) in [6.07, 6.45) is 5.52. The lowest BCUT2D eigenvalue weighted by Crippen LogP contribution is -2.50. The number of benzene rings is 2. The fourth-order valence-corrected chi connectivity index (χ4v) is 5.09. The highest BCUT2D eigenvalue weighted by Gasteiger charge is 2.28. The smallest absolute Gasteiger partial charge is 0.242 e. The number of carbonyl (C=O) groups is 2. The van der Waals surface area contributed by atoms with E-state index in [1.807, 2.05) is 36.4 Å². The van der Waals surface area contributed by atoms with E-state index >= 15 is 0 Å². The number of hydrogen-bond acceptors (Lipinski definition) is 3. The lowest BCUT2D eigenvalue weighted by atomic mass is 9.95. The summed E-state index contributed by atoms with van der Waals surface area (Å²) in [7, 11) is 0. The summed E-state index contributed by atoms with van der Waals surface area (Å²) in [6, 6.07) is 15.0. The van der Waals surface area contributed by atoms with E-state index in [-0.39, 0.29) is 17.9 Å². The van der Waals surface area contributed by atoms with Crippen LogP contribution in [0.15, 0.2) is 48.5 Å². The molecule has 0 bridgehead atoms. The maximum atomic E-state index is 13.2. The molecule has 1 aliphatic rings. The molecule has 4 nitrogen and oxygen atoms in total. The van der Waals surface area contributed by atoms with Crippen LogP contribution in [-0.4, -0.2) is 34.6 Å². The van der Waals surface area contributed by atoms with Crippen molar-refractivity contribution in [3.63, 3.8) is 0 Å². The summed E-state index contributed by atoms with van der Waals surface area (Å²) in [5, 5.41) is 4.06. The van der Waals surface area contributed by atoms with Crippen molar-refractivity contribution in [3.05, 3.63) is 69.7 Å². The Morgan fingerprint density at radius 1 is 1.03 bits per heavy atom. The Morgan fingerprint density at radius 3 is 2.44 bits per heavy atom. The van der Waals surface area contributed by atoms with Gasteiger partial charge in [-0.25, -0.2) is 0 Å². The van der Waals surface area contributed by atoms with Crippen LogP contribution in [0.2, 0.25) is 10.0 Å². The van der Waals surface area contributed by atoms with E-state index in [1.54, 1.807) is 35.7 Å². The van der Waals surface area contributed by atoms with Gasteiger partial charge in [-0.3, -0.25) is 9.59 Å². The van der Waals surface area contributed by atoms with Gasteiger partial charge in [0.05, 0.1) is 15.8 Å². The zero-order chi connectivity index (χ0) is 22.9. The van der Waals surface area contributed by atoms with E-state index in [0.29, 0.717) is 22.3 Å². The molecule has 0 aliphatic heterocycles. The SMILES string of the molecule is C[C@H](C(=O)NC1CCCCC1)N(Cc1ccc(Cl)c(Cl)c1)C(=O)CSCc1ccccc1. The summed E-state index contributed by atoms with van der Waals surface area (Å²) < 4.78 is 0. The number of amides is 2. The van der Waals surface area contributed by atoms with Crippen LogP contribution in [0, 0.1) is 0 Å². The topological polar surface area (TPSA) is 49.4 Å². The van der Waals surface area contributed by atoms with E-state index in [0.717, 1.165) is 37.0 Å². The van der Waals surface area contributed by atoms with Crippen molar-refractivity contribution in [1.82, 2.24) is 10.2 Å². The van der Waals surface area contributed by atoms with Crippen molar-refractivity contribution in [2.75, 3.05) is 5.75 Å². The van der Waals surface area contributed by atoms with Crippen LogP contribution in [0.25, 0.3) is 0 Å². The average molecular weight is 494 g/mol. The average Bonchev–Trinajstić information content (AvgIpc) is 2.80. The van der Waals surface area contributed by atoms with Crippen LogP contribution in [-0.2, 0) is 21.9 Å². The first-order valence-electron chi connectivity index (χ1n) is 11.1. The number of nitrogens with one attached hydrogen (secondary N) is 1. The molecule has 1 atom stereocenters. The summed E-state index contributed by atoms with van der Waals surface area (Å²) in [5.74, 6) is 0.884. The van der Waals surface area contributed by atoms with Gasteiger partial charge in [0.2, 0.25) is 11.8 Å². The first-order valence-corrected chi connectivity index (χ1v) is 13.0. The van der Waals surface area contributed by atoms with E-state index in [4.69, 9.17) is 23.2 Å². The number of hydrogen-bond donors (Lipinski definition) is 1. The summed E-state index contributed by atoms with van der Waals surface area (Å²) in [6.45, 7) is 2.11. The molecule has 1 fully saturated rings.